The molecule has 2 N–H and O–H groups in total. The number of nitriles is 1. The number of rotatable bonds is 4. The largest absolute Gasteiger partial charge is 0.478 e. The summed E-state index contributed by atoms with van der Waals surface area (Å²) in [5.41, 5.74) is 0.856. The number of thiazole rings is 1. The molecular weight excluding hydrogens is 382 g/mol. The number of carbonyl (C=O) groups is 2. The Morgan fingerprint density at radius 1 is 1.24 bits per heavy atom. The van der Waals surface area contributed by atoms with E-state index in [-0.39, 0.29) is 10.7 Å². The van der Waals surface area contributed by atoms with Gasteiger partial charge in [-0.2, -0.15) is 5.26 Å². The van der Waals surface area contributed by atoms with Crippen molar-refractivity contribution in [2.75, 3.05) is 5.32 Å². The van der Waals surface area contributed by atoms with E-state index < -0.39 is 11.9 Å². The number of aromatic carboxylic acids is 1. The lowest BCUT2D eigenvalue weighted by Crippen LogP contribution is -2.12. The molecule has 0 saturated heterocycles. The normalized spacial score (nSPS) is 10.2. The summed E-state index contributed by atoms with van der Waals surface area (Å²) < 4.78 is 0. The molecular formula is C16H8ClN3O3S2. The second kappa shape index (κ2) is 7.03. The molecule has 0 unspecified atom stereocenters. The highest BCUT2D eigenvalue weighted by Gasteiger charge is 2.17. The molecule has 124 valence electrons. The molecule has 1 aromatic carbocycles. The van der Waals surface area contributed by atoms with Crippen LogP contribution in [0.2, 0.25) is 5.02 Å². The maximum absolute atomic E-state index is 12.3. The van der Waals surface area contributed by atoms with Crippen LogP contribution in [-0.2, 0) is 0 Å². The number of anilines is 1. The molecule has 0 aliphatic rings. The van der Waals surface area contributed by atoms with Gasteiger partial charge in [0.25, 0.3) is 5.91 Å². The van der Waals surface area contributed by atoms with Crippen LogP contribution in [0.3, 0.4) is 0 Å². The molecule has 2 aromatic heterocycles. The van der Waals surface area contributed by atoms with E-state index in [9.17, 15) is 14.9 Å². The number of hydrogen-bond acceptors (Lipinski definition) is 6. The zero-order valence-electron chi connectivity index (χ0n) is 12.3. The SMILES string of the molecule is N#Cc1sc(NC(=O)c2ccc(C(=O)O)cc2)nc1-c1cc(Cl)cs1. The van der Waals surface area contributed by atoms with E-state index in [1.54, 1.807) is 11.4 Å². The van der Waals surface area contributed by atoms with E-state index in [4.69, 9.17) is 16.7 Å². The number of halogens is 1. The van der Waals surface area contributed by atoms with Crippen molar-refractivity contribution in [3.05, 3.63) is 56.7 Å². The van der Waals surface area contributed by atoms with Gasteiger partial charge in [-0.1, -0.05) is 22.9 Å². The van der Waals surface area contributed by atoms with Crippen LogP contribution in [0.25, 0.3) is 10.6 Å². The zero-order chi connectivity index (χ0) is 18.0. The Labute approximate surface area is 155 Å². The highest BCUT2D eigenvalue weighted by Crippen LogP contribution is 2.35. The molecule has 0 fully saturated rings. The molecule has 25 heavy (non-hydrogen) atoms. The van der Waals surface area contributed by atoms with Crippen molar-refractivity contribution in [2.24, 2.45) is 0 Å². The Bertz CT molecular complexity index is 1000. The van der Waals surface area contributed by atoms with Crippen molar-refractivity contribution in [3.8, 4) is 16.6 Å². The molecule has 0 aliphatic carbocycles. The van der Waals surface area contributed by atoms with Crippen molar-refractivity contribution in [2.45, 2.75) is 0 Å². The van der Waals surface area contributed by atoms with Crippen molar-refractivity contribution in [1.29, 1.82) is 5.26 Å². The standard InChI is InChI=1S/C16H8ClN3O3S2/c17-10-5-11(24-7-10)13-12(6-18)25-16(19-13)20-14(21)8-1-3-9(4-2-8)15(22)23/h1-5,7H,(H,22,23)(H,19,20,21). The van der Waals surface area contributed by atoms with Gasteiger partial charge in [0.1, 0.15) is 16.6 Å². The third-order valence-electron chi connectivity index (χ3n) is 3.14. The second-order valence-corrected chi connectivity index (χ2v) is 7.12. The Hall–Kier alpha value is -2.73. The molecule has 0 bridgehead atoms. The summed E-state index contributed by atoms with van der Waals surface area (Å²) in [4.78, 5) is 28.5. The summed E-state index contributed by atoms with van der Waals surface area (Å²) in [6, 6.07) is 9.29. The Morgan fingerprint density at radius 3 is 2.48 bits per heavy atom. The van der Waals surface area contributed by atoms with E-state index in [1.807, 2.05) is 0 Å². The summed E-state index contributed by atoms with van der Waals surface area (Å²) in [6.45, 7) is 0. The first-order valence-electron chi connectivity index (χ1n) is 6.78. The van der Waals surface area contributed by atoms with Crippen molar-refractivity contribution in [1.82, 2.24) is 4.98 Å². The van der Waals surface area contributed by atoms with Crippen LogP contribution in [0, 0.1) is 11.3 Å². The fraction of sp³-hybridized carbons (Fsp3) is 0. The van der Waals surface area contributed by atoms with E-state index >= 15 is 0 Å². The number of carboxylic acids is 1. The minimum absolute atomic E-state index is 0.0921. The molecule has 0 saturated carbocycles. The number of aromatic nitrogens is 1. The lowest BCUT2D eigenvalue weighted by Gasteiger charge is -2.02. The van der Waals surface area contributed by atoms with Crippen LogP contribution in [-0.4, -0.2) is 22.0 Å². The second-order valence-electron chi connectivity index (χ2n) is 4.77. The zero-order valence-corrected chi connectivity index (χ0v) is 14.7. The van der Waals surface area contributed by atoms with E-state index in [0.29, 0.717) is 21.2 Å². The number of carbonyl (C=O) groups excluding carboxylic acids is 1. The average molecular weight is 390 g/mol. The highest BCUT2D eigenvalue weighted by molar-refractivity contribution is 7.18. The Kier molecular flexibility index (Phi) is 4.81. The lowest BCUT2D eigenvalue weighted by molar-refractivity contribution is 0.0696. The molecule has 0 radical (unpaired) electrons. The van der Waals surface area contributed by atoms with Gasteiger partial charge in [-0.15, -0.1) is 11.3 Å². The fourth-order valence-electron chi connectivity index (χ4n) is 1.99. The van der Waals surface area contributed by atoms with Gasteiger partial charge in [-0.3, -0.25) is 10.1 Å². The Balaban J connectivity index is 1.83. The van der Waals surface area contributed by atoms with Crippen LogP contribution in [0.5, 0.6) is 0 Å². The number of carboxylic acid groups (broad SMARTS) is 1. The van der Waals surface area contributed by atoms with Gasteiger partial charge in [0.15, 0.2) is 5.13 Å². The van der Waals surface area contributed by atoms with Gasteiger partial charge in [-0.25, -0.2) is 9.78 Å². The fourth-order valence-corrected chi connectivity index (χ4v) is 3.89. The minimum Gasteiger partial charge on any atom is -0.478 e. The summed E-state index contributed by atoms with van der Waals surface area (Å²) >= 11 is 8.32. The molecule has 9 heteroatoms. The van der Waals surface area contributed by atoms with E-state index in [2.05, 4.69) is 16.4 Å². The summed E-state index contributed by atoms with van der Waals surface area (Å²) in [7, 11) is 0. The predicted molar refractivity (Wildman–Crippen MR) is 96.5 cm³/mol. The smallest absolute Gasteiger partial charge is 0.335 e. The first-order valence-corrected chi connectivity index (χ1v) is 8.85. The number of nitrogens with one attached hydrogen (secondary N) is 1. The first-order chi connectivity index (χ1) is 12.0. The summed E-state index contributed by atoms with van der Waals surface area (Å²) in [5.74, 6) is -1.50. The number of hydrogen-bond donors (Lipinski definition) is 2. The maximum Gasteiger partial charge on any atom is 0.335 e. The van der Waals surface area contributed by atoms with Crippen molar-refractivity contribution < 1.29 is 14.7 Å². The van der Waals surface area contributed by atoms with Gasteiger partial charge in [0.05, 0.1) is 15.5 Å². The Morgan fingerprint density at radius 2 is 1.92 bits per heavy atom. The van der Waals surface area contributed by atoms with Crippen LogP contribution >= 0.6 is 34.3 Å². The van der Waals surface area contributed by atoms with Crippen LogP contribution < -0.4 is 5.32 Å². The van der Waals surface area contributed by atoms with Gasteiger partial charge < -0.3 is 5.11 Å². The van der Waals surface area contributed by atoms with E-state index in [1.165, 1.54) is 35.6 Å². The number of nitrogens with zero attached hydrogens (tertiary/aromatic N) is 2. The molecule has 6 nitrogen and oxygen atoms in total. The van der Waals surface area contributed by atoms with Crippen molar-refractivity contribution >= 4 is 51.3 Å². The third-order valence-corrected chi connectivity index (χ3v) is 5.30. The topological polar surface area (TPSA) is 103 Å². The summed E-state index contributed by atoms with van der Waals surface area (Å²) in [6.07, 6.45) is 0. The molecule has 1 amide bonds. The molecule has 0 atom stereocenters. The number of amides is 1. The molecule has 0 aliphatic heterocycles. The van der Waals surface area contributed by atoms with Crippen LogP contribution in [0.4, 0.5) is 5.13 Å². The number of benzene rings is 1. The molecule has 3 rings (SSSR count). The van der Waals surface area contributed by atoms with Crippen LogP contribution in [0.15, 0.2) is 35.7 Å². The first kappa shape index (κ1) is 17.1. The van der Waals surface area contributed by atoms with Gasteiger partial charge in [0, 0.05) is 10.9 Å². The minimum atomic E-state index is -1.07. The number of thiophene rings is 1. The maximum atomic E-state index is 12.3. The molecule has 3 aromatic rings. The monoisotopic (exact) mass is 389 g/mol. The predicted octanol–water partition coefficient (Wildman–Crippen LogP) is 4.35. The average Bonchev–Trinajstić information content (AvgIpc) is 3.20. The van der Waals surface area contributed by atoms with Crippen LogP contribution in [0.1, 0.15) is 25.6 Å². The van der Waals surface area contributed by atoms with Gasteiger partial charge in [0.2, 0.25) is 0 Å². The van der Waals surface area contributed by atoms with E-state index in [0.717, 1.165) is 16.2 Å². The molecule has 0 spiro atoms. The van der Waals surface area contributed by atoms with Gasteiger partial charge >= 0.3 is 5.97 Å². The van der Waals surface area contributed by atoms with Crippen molar-refractivity contribution in [3.63, 3.8) is 0 Å². The third kappa shape index (κ3) is 3.69. The summed E-state index contributed by atoms with van der Waals surface area (Å²) in [5, 5.41) is 23.3. The van der Waals surface area contributed by atoms with Gasteiger partial charge in [-0.05, 0) is 30.3 Å². The lowest BCUT2D eigenvalue weighted by atomic mass is 10.1. The quantitative estimate of drug-likeness (QED) is 0.690. The molecule has 2 heterocycles. The highest BCUT2D eigenvalue weighted by atomic mass is 35.5.